The number of amides is 1. The molecule has 2 N–H and O–H groups in total. The zero-order chi connectivity index (χ0) is 13.8. The molecule has 0 bridgehead atoms. The average molecular weight is 266 g/mol. The van der Waals surface area contributed by atoms with E-state index in [0.717, 1.165) is 18.5 Å². The summed E-state index contributed by atoms with van der Waals surface area (Å²) in [5.74, 6) is -1.39. The minimum atomic E-state index is -0.822. The van der Waals surface area contributed by atoms with Crippen molar-refractivity contribution in [1.29, 1.82) is 0 Å². The number of aromatic nitrogens is 3. The van der Waals surface area contributed by atoms with Gasteiger partial charge in [-0.2, -0.15) is 0 Å². The van der Waals surface area contributed by atoms with Crippen LogP contribution in [0, 0.1) is 5.92 Å². The van der Waals surface area contributed by atoms with Gasteiger partial charge in [0.05, 0.1) is 11.6 Å². The second-order valence-electron chi connectivity index (χ2n) is 4.93. The minimum absolute atomic E-state index is 0.121. The van der Waals surface area contributed by atoms with Crippen LogP contribution in [-0.2, 0) is 23.1 Å². The second-order valence-corrected chi connectivity index (χ2v) is 4.93. The average Bonchev–Trinajstić information content (AvgIpc) is 2.95. The molecular weight excluding hydrogens is 248 g/mol. The predicted octanol–water partition coefficient (Wildman–Crippen LogP) is 0.117. The van der Waals surface area contributed by atoms with Gasteiger partial charge in [-0.25, -0.2) is 0 Å². The van der Waals surface area contributed by atoms with E-state index in [1.165, 1.54) is 0 Å². The van der Waals surface area contributed by atoms with Crippen molar-refractivity contribution >= 4 is 11.9 Å². The van der Waals surface area contributed by atoms with Crippen molar-refractivity contribution in [2.45, 2.75) is 38.1 Å². The summed E-state index contributed by atoms with van der Waals surface area (Å²) in [7, 11) is 1.77. The Balaban J connectivity index is 1.79. The molecule has 7 heteroatoms. The smallest absolute Gasteiger partial charge is 0.308 e. The van der Waals surface area contributed by atoms with Gasteiger partial charge in [0, 0.05) is 32.1 Å². The first kappa shape index (κ1) is 13.5. The molecule has 1 amide bonds. The highest BCUT2D eigenvalue weighted by atomic mass is 16.4. The van der Waals surface area contributed by atoms with Crippen molar-refractivity contribution in [3.8, 4) is 0 Å². The second kappa shape index (κ2) is 5.81. The molecule has 1 heterocycles. The van der Waals surface area contributed by atoms with Gasteiger partial charge in [-0.1, -0.05) is 11.6 Å². The normalized spacial score (nSPS) is 22.4. The van der Waals surface area contributed by atoms with Gasteiger partial charge < -0.3 is 10.4 Å². The fraction of sp³-hybridized carbons (Fsp3) is 0.667. The molecule has 0 aromatic carbocycles. The first-order valence-electron chi connectivity index (χ1n) is 6.43. The molecule has 7 nitrogen and oxygen atoms in total. The summed E-state index contributed by atoms with van der Waals surface area (Å²) in [5, 5.41) is 19.5. The fourth-order valence-corrected chi connectivity index (χ4v) is 2.46. The van der Waals surface area contributed by atoms with Crippen molar-refractivity contribution in [3.63, 3.8) is 0 Å². The Bertz CT molecular complexity index is 471. The molecule has 2 rings (SSSR count). The zero-order valence-corrected chi connectivity index (χ0v) is 10.9. The summed E-state index contributed by atoms with van der Waals surface area (Å²) >= 11 is 0. The Morgan fingerprint density at radius 3 is 2.95 bits per heavy atom. The van der Waals surface area contributed by atoms with E-state index in [-0.39, 0.29) is 11.9 Å². The maximum atomic E-state index is 11.8. The number of aryl methyl sites for hydroxylation is 2. The summed E-state index contributed by atoms with van der Waals surface area (Å²) in [5.41, 5.74) is 0.763. The number of carbonyl (C=O) groups is 2. The van der Waals surface area contributed by atoms with Crippen LogP contribution in [0.2, 0.25) is 0 Å². The molecule has 1 aromatic heterocycles. The maximum Gasteiger partial charge on any atom is 0.308 e. The van der Waals surface area contributed by atoms with Crippen molar-refractivity contribution in [2.75, 3.05) is 0 Å². The third kappa shape index (κ3) is 3.52. The molecular formula is C12H18N4O3. The zero-order valence-electron chi connectivity index (χ0n) is 10.9. The molecule has 0 saturated heterocycles. The molecule has 1 aromatic rings. The number of carboxylic acid groups (broad SMARTS) is 1. The molecule has 19 heavy (non-hydrogen) atoms. The van der Waals surface area contributed by atoms with Crippen molar-refractivity contribution in [1.82, 2.24) is 20.3 Å². The van der Waals surface area contributed by atoms with Gasteiger partial charge in [0.2, 0.25) is 5.91 Å². The molecule has 0 unspecified atom stereocenters. The number of aliphatic carboxylic acids is 1. The number of carbonyl (C=O) groups excluding carboxylic acids is 1. The van der Waals surface area contributed by atoms with E-state index in [1.807, 2.05) is 0 Å². The molecule has 0 spiro atoms. The summed E-state index contributed by atoms with van der Waals surface area (Å²) in [6.45, 7) is 0. The van der Waals surface area contributed by atoms with E-state index < -0.39 is 11.9 Å². The first-order chi connectivity index (χ1) is 9.06. The van der Waals surface area contributed by atoms with Gasteiger partial charge in [-0.15, -0.1) is 5.10 Å². The lowest BCUT2D eigenvalue weighted by molar-refractivity contribution is -0.142. The monoisotopic (exact) mass is 266 g/mol. The molecule has 0 radical (unpaired) electrons. The number of hydrogen-bond donors (Lipinski definition) is 2. The van der Waals surface area contributed by atoms with Crippen LogP contribution in [0.1, 0.15) is 31.4 Å². The van der Waals surface area contributed by atoms with Gasteiger partial charge >= 0.3 is 5.97 Å². The van der Waals surface area contributed by atoms with Gasteiger partial charge in [0.15, 0.2) is 0 Å². The molecule has 1 fully saturated rings. The molecule has 1 saturated carbocycles. The van der Waals surface area contributed by atoms with E-state index >= 15 is 0 Å². The lowest BCUT2D eigenvalue weighted by Gasteiger charge is -2.17. The van der Waals surface area contributed by atoms with Gasteiger partial charge in [-0.05, 0) is 12.8 Å². The Labute approximate surface area is 111 Å². The van der Waals surface area contributed by atoms with E-state index in [0.29, 0.717) is 19.3 Å². The largest absolute Gasteiger partial charge is 0.481 e. The first-order valence-corrected chi connectivity index (χ1v) is 6.43. The number of hydrogen-bond acceptors (Lipinski definition) is 4. The topological polar surface area (TPSA) is 97.1 Å². The Morgan fingerprint density at radius 2 is 2.32 bits per heavy atom. The Morgan fingerprint density at radius 1 is 1.53 bits per heavy atom. The van der Waals surface area contributed by atoms with Crippen LogP contribution in [0.4, 0.5) is 0 Å². The number of nitrogens with zero attached hydrogens (tertiary/aromatic N) is 3. The fourth-order valence-electron chi connectivity index (χ4n) is 2.46. The standard InChI is InChI=1S/C12H18N4O3/c1-16-7-8(14-15-16)5-6-11(17)13-10-4-2-3-9(10)12(18)19/h7,9-10H,2-6H2,1H3,(H,13,17)(H,18,19)/t9-,10+/m0/s1. The summed E-state index contributed by atoms with van der Waals surface area (Å²) in [6.07, 6.45) is 4.83. The van der Waals surface area contributed by atoms with Gasteiger partial charge in [-0.3, -0.25) is 14.3 Å². The summed E-state index contributed by atoms with van der Waals surface area (Å²) < 4.78 is 1.59. The molecule has 104 valence electrons. The van der Waals surface area contributed by atoms with Crippen LogP contribution in [-0.4, -0.2) is 38.0 Å². The van der Waals surface area contributed by atoms with Crippen molar-refractivity contribution < 1.29 is 14.7 Å². The van der Waals surface area contributed by atoms with Crippen LogP contribution in [0.5, 0.6) is 0 Å². The SMILES string of the molecule is Cn1cc(CCC(=O)N[C@@H]2CCC[C@@H]2C(=O)O)nn1. The van der Waals surface area contributed by atoms with Crippen LogP contribution in [0.15, 0.2) is 6.20 Å². The quantitative estimate of drug-likeness (QED) is 0.788. The van der Waals surface area contributed by atoms with E-state index in [2.05, 4.69) is 15.6 Å². The molecule has 0 aliphatic heterocycles. The van der Waals surface area contributed by atoms with E-state index in [9.17, 15) is 9.59 Å². The highest BCUT2D eigenvalue weighted by Crippen LogP contribution is 2.25. The number of rotatable bonds is 5. The third-order valence-electron chi connectivity index (χ3n) is 3.44. The van der Waals surface area contributed by atoms with E-state index in [1.54, 1.807) is 17.9 Å². The maximum absolute atomic E-state index is 11.8. The Kier molecular flexibility index (Phi) is 4.13. The van der Waals surface area contributed by atoms with Gasteiger partial charge in [0.1, 0.15) is 0 Å². The lowest BCUT2D eigenvalue weighted by atomic mass is 10.0. The van der Waals surface area contributed by atoms with Crippen molar-refractivity contribution in [3.05, 3.63) is 11.9 Å². The van der Waals surface area contributed by atoms with Crippen LogP contribution in [0.3, 0.4) is 0 Å². The number of carboxylic acids is 1. The van der Waals surface area contributed by atoms with Crippen molar-refractivity contribution in [2.24, 2.45) is 13.0 Å². The number of nitrogens with one attached hydrogen (secondary N) is 1. The summed E-state index contributed by atoms with van der Waals surface area (Å²) in [4.78, 5) is 22.8. The third-order valence-corrected chi connectivity index (χ3v) is 3.44. The van der Waals surface area contributed by atoms with E-state index in [4.69, 9.17) is 5.11 Å². The minimum Gasteiger partial charge on any atom is -0.481 e. The molecule has 2 atom stereocenters. The molecule has 1 aliphatic rings. The van der Waals surface area contributed by atoms with Crippen LogP contribution >= 0.6 is 0 Å². The van der Waals surface area contributed by atoms with Crippen LogP contribution in [0.25, 0.3) is 0 Å². The lowest BCUT2D eigenvalue weighted by Crippen LogP contribution is -2.40. The van der Waals surface area contributed by atoms with Gasteiger partial charge in [0.25, 0.3) is 0 Å². The Hall–Kier alpha value is -1.92. The van der Waals surface area contributed by atoms with Crippen LogP contribution < -0.4 is 5.32 Å². The highest BCUT2D eigenvalue weighted by molar-refractivity contribution is 5.78. The predicted molar refractivity (Wildman–Crippen MR) is 66.2 cm³/mol. The molecule has 1 aliphatic carbocycles. The highest BCUT2D eigenvalue weighted by Gasteiger charge is 2.33. The summed E-state index contributed by atoms with van der Waals surface area (Å²) in [6, 6.07) is -0.230.